The van der Waals surface area contributed by atoms with Crippen LogP contribution in [0.5, 0.6) is 0 Å². The summed E-state index contributed by atoms with van der Waals surface area (Å²) in [5.74, 6) is -1.74. The molecule has 1 amide bonds. The number of hydrogen-bond donors (Lipinski definition) is 2. The Morgan fingerprint density at radius 1 is 1.20 bits per heavy atom. The van der Waals surface area contributed by atoms with E-state index in [0.717, 1.165) is 22.7 Å². The van der Waals surface area contributed by atoms with Crippen molar-refractivity contribution in [3.63, 3.8) is 0 Å². The first-order valence-electron chi connectivity index (χ1n) is 11.5. The van der Waals surface area contributed by atoms with E-state index >= 15 is 0 Å². The van der Waals surface area contributed by atoms with E-state index in [2.05, 4.69) is 20.1 Å². The number of aryl methyl sites for hydroxylation is 1. The molecular weight excluding hydrogens is 490 g/mol. The van der Waals surface area contributed by atoms with Gasteiger partial charge in [-0.25, -0.2) is 9.19 Å². The number of ether oxygens (including phenoxy) is 1. The maximum atomic E-state index is 13.3. The lowest BCUT2D eigenvalue weighted by Crippen LogP contribution is -2.41. The van der Waals surface area contributed by atoms with Crippen molar-refractivity contribution in [1.82, 2.24) is 10.3 Å². The van der Waals surface area contributed by atoms with Gasteiger partial charge in [0.15, 0.2) is 0 Å². The molecule has 35 heavy (non-hydrogen) atoms. The van der Waals surface area contributed by atoms with Crippen LogP contribution in [0.4, 0.5) is 5.69 Å². The first-order chi connectivity index (χ1) is 16.4. The quantitative estimate of drug-likeness (QED) is 0.182. The molecule has 0 fully saturated rings. The minimum Gasteiger partial charge on any atom is -0.748 e. The van der Waals surface area contributed by atoms with Gasteiger partial charge < -0.3 is 14.6 Å². The number of benzene rings is 1. The van der Waals surface area contributed by atoms with Crippen molar-refractivity contribution in [3.05, 3.63) is 45.9 Å². The minimum atomic E-state index is -2.68. The van der Waals surface area contributed by atoms with Gasteiger partial charge in [0.05, 0.1) is 17.4 Å². The van der Waals surface area contributed by atoms with Gasteiger partial charge in [-0.15, -0.1) is 11.3 Å². The van der Waals surface area contributed by atoms with E-state index in [1.165, 1.54) is 11.3 Å². The normalized spacial score (nSPS) is 14.3. The molecule has 11 heteroatoms. The highest BCUT2D eigenvalue weighted by Gasteiger charge is 2.33. The van der Waals surface area contributed by atoms with Gasteiger partial charge in [-0.3, -0.25) is 15.1 Å². The van der Waals surface area contributed by atoms with Crippen molar-refractivity contribution >= 4 is 40.3 Å². The Bertz CT molecular complexity index is 1000. The molecule has 1 aromatic carbocycles. The summed E-state index contributed by atoms with van der Waals surface area (Å²) < 4.78 is 31.0. The molecule has 0 bridgehead atoms. The van der Waals surface area contributed by atoms with E-state index in [9.17, 15) is 18.4 Å². The Balaban J connectivity index is 2.25. The van der Waals surface area contributed by atoms with Gasteiger partial charge >= 0.3 is 5.97 Å². The molecule has 1 aromatic heterocycles. The van der Waals surface area contributed by atoms with Crippen LogP contribution in [0.1, 0.15) is 70.3 Å². The number of carbonyl (C=O) groups is 2. The fraction of sp³-hybridized carbons (Fsp3) is 0.542. The number of thiazole rings is 1. The molecule has 0 spiro atoms. The number of amides is 1. The smallest absolute Gasteiger partial charge is 0.319 e. The average molecular weight is 525 g/mol. The van der Waals surface area contributed by atoms with Crippen LogP contribution < -0.4 is 10.8 Å². The predicted molar refractivity (Wildman–Crippen MR) is 135 cm³/mol. The summed E-state index contributed by atoms with van der Waals surface area (Å²) in [5.41, 5.74) is 3.89. The minimum absolute atomic E-state index is 0.119. The van der Waals surface area contributed by atoms with Crippen LogP contribution in [-0.4, -0.2) is 31.2 Å². The Kier molecular flexibility index (Phi) is 10.8. The summed E-state index contributed by atoms with van der Waals surface area (Å²) in [7, 11) is 0. The fourth-order valence-corrected chi connectivity index (χ4v) is 4.42. The van der Waals surface area contributed by atoms with Crippen molar-refractivity contribution in [2.45, 2.75) is 72.4 Å². The zero-order valence-electron chi connectivity index (χ0n) is 21.0. The molecule has 0 saturated heterocycles. The SMILES string of the molecule is CCc1csc([C@H](Cc2ccc(NOS(=O)[O-])cc2)NC(=O)[C@H](CC(C)C)C(=O)OC(C)(C)C)n1. The molecule has 2 aromatic rings. The van der Waals surface area contributed by atoms with E-state index in [1.54, 1.807) is 45.0 Å². The highest BCUT2D eigenvalue weighted by molar-refractivity contribution is 7.74. The maximum absolute atomic E-state index is 13.3. The number of hydrogen-bond acceptors (Lipinski definition) is 9. The number of rotatable bonds is 12. The van der Waals surface area contributed by atoms with Crippen molar-refractivity contribution < 1.29 is 27.4 Å². The fourth-order valence-electron chi connectivity index (χ4n) is 3.30. The summed E-state index contributed by atoms with van der Waals surface area (Å²) in [6.45, 7) is 11.3. The van der Waals surface area contributed by atoms with Gasteiger partial charge in [0.25, 0.3) is 0 Å². The molecule has 194 valence electrons. The molecule has 2 rings (SSSR count). The van der Waals surface area contributed by atoms with Crippen molar-refractivity contribution in [1.29, 1.82) is 0 Å². The molecular formula is C24H34N3O6S2-. The molecule has 3 atom stereocenters. The van der Waals surface area contributed by atoms with Crippen LogP contribution in [0.2, 0.25) is 0 Å². The number of esters is 1. The van der Waals surface area contributed by atoms with E-state index in [-0.39, 0.29) is 5.92 Å². The first kappa shape index (κ1) is 28.9. The van der Waals surface area contributed by atoms with Crippen molar-refractivity contribution in [3.8, 4) is 0 Å². The molecule has 1 unspecified atom stereocenters. The van der Waals surface area contributed by atoms with E-state index in [1.807, 2.05) is 26.2 Å². The van der Waals surface area contributed by atoms with Gasteiger partial charge in [-0.1, -0.05) is 32.9 Å². The summed E-state index contributed by atoms with van der Waals surface area (Å²) in [5, 5.41) is 5.74. The number of anilines is 1. The number of aromatic nitrogens is 1. The monoisotopic (exact) mass is 524 g/mol. The average Bonchev–Trinajstić information content (AvgIpc) is 3.24. The molecule has 0 aliphatic rings. The van der Waals surface area contributed by atoms with Crippen molar-refractivity contribution in [2.24, 2.45) is 11.8 Å². The molecule has 0 aliphatic carbocycles. The maximum Gasteiger partial charge on any atom is 0.319 e. The number of nitrogens with zero attached hydrogens (tertiary/aromatic N) is 1. The van der Waals surface area contributed by atoms with E-state index in [4.69, 9.17) is 4.74 Å². The Hall–Kier alpha value is -2.34. The third-order valence-electron chi connectivity index (χ3n) is 4.88. The molecule has 0 aliphatic heterocycles. The van der Waals surface area contributed by atoms with Gasteiger partial charge in [0, 0.05) is 5.38 Å². The first-order valence-corrected chi connectivity index (χ1v) is 13.3. The zero-order valence-corrected chi connectivity index (χ0v) is 22.6. The number of carbonyl (C=O) groups excluding carboxylic acids is 2. The van der Waals surface area contributed by atoms with Gasteiger partial charge in [0.1, 0.15) is 27.9 Å². The Labute approximate surface area is 213 Å². The third kappa shape index (κ3) is 10.0. The second-order valence-corrected chi connectivity index (χ2v) is 11.1. The van der Waals surface area contributed by atoms with Crippen LogP contribution in [0.25, 0.3) is 0 Å². The van der Waals surface area contributed by atoms with Gasteiger partial charge in [-0.05, 0) is 63.6 Å². The number of nitrogens with one attached hydrogen (secondary N) is 2. The van der Waals surface area contributed by atoms with Gasteiger partial charge in [0.2, 0.25) is 5.91 Å². The lowest BCUT2D eigenvalue weighted by Gasteiger charge is -2.26. The highest BCUT2D eigenvalue weighted by Crippen LogP contribution is 2.26. The van der Waals surface area contributed by atoms with Crippen LogP contribution in [0.15, 0.2) is 29.6 Å². The van der Waals surface area contributed by atoms with E-state index < -0.39 is 40.8 Å². The summed E-state index contributed by atoms with van der Waals surface area (Å²) in [6.07, 6.45) is 1.57. The lowest BCUT2D eigenvalue weighted by atomic mass is 9.95. The largest absolute Gasteiger partial charge is 0.748 e. The molecule has 9 nitrogen and oxygen atoms in total. The molecule has 2 N–H and O–H groups in total. The van der Waals surface area contributed by atoms with Crippen LogP contribution in [0, 0.1) is 11.8 Å². The van der Waals surface area contributed by atoms with Crippen molar-refractivity contribution in [2.75, 3.05) is 5.48 Å². The van der Waals surface area contributed by atoms with Crippen LogP contribution in [-0.2, 0) is 42.8 Å². The lowest BCUT2D eigenvalue weighted by molar-refractivity contribution is -0.163. The zero-order chi connectivity index (χ0) is 26.2. The van der Waals surface area contributed by atoms with Crippen LogP contribution in [0.3, 0.4) is 0 Å². The van der Waals surface area contributed by atoms with E-state index in [0.29, 0.717) is 18.5 Å². The molecule has 1 heterocycles. The standard InChI is InChI=1S/C24H35N3O6S2/c1-7-17-14-34-22(25-17)20(13-16-8-10-18(11-9-16)27-33-35(30)31)26-21(28)19(12-15(2)3)23(29)32-24(4,5)6/h8-11,14-15,19-20,27H,7,12-13H2,1-6H3,(H,26,28)(H,30,31)/p-1/t19-,20-/m0/s1. The second-order valence-electron chi connectivity index (χ2n) is 9.60. The molecule has 0 radical (unpaired) electrons. The summed E-state index contributed by atoms with van der Waals surface area (Å²) >= 11 is -1.22. The van der Waals surface area contributed by atoms with Gasteiger partial charge in [-0.2, -0.15) is 4.28 Å². The molecule has 0 saturated carbocycles. The van der Waals surface area contributed by atoms with Crippen LogP contribution >= 0.6 is 11.3 Å². The summed E-state index contributed by atoms with van der Waals surface area (Å²) in [6, 6.07) is 6.48. The Morgan fingerprint density at radius 2 is 1.86 bits per heavy atom. The summed E-state index contributed by atoms with van der Waals surface area (Å²) in [4.78, 5) is 30.8. The predicted octanol–water partition coefficient (Wildman–Crippen LogP) is 4.25. The topological polar surface area (TPSA) is 130 Å². The Morgan fingerprint density at radius 3 is 2.37 bits per heavy atom. The second kappa shape index (κ2) is 13.1. The third-order valence-corrected chi connectivity index (χ3v) is 6.11. The highest BCUT2D eigenvalue weighted by atomic mass is 32.2.